The van der Waals surface area contributed by atoms with Gasteiger partial charge in [-0.05, 0) is 49.1 Å². The zero-order chi connectivity index (χ0) is 24.7. The zero-order valence-corrected chi connectivity index (χ0v) is 20.1. The molecule has 2 aliphatic rings. The van der Waals surface area contributed by atoms with Crippen LogP contribution in [0.4, 0.5) is 4.39 Å². The van der Waals surface area contributed by atoms with Crippen LogP contribution in [-0.4, -0.2) is 48.5 Å². The number of benzene rings is 2. The molecule has 2 amide bonds. The van der Waals surface area contributed by atoms with E-state index in [9.17, 15) is 27.7 Å². The van der Waals surface area contributed by atoms with Gasteiger partial charge < -0.3 is 10.2 Å². The molecule has 4 rings (SSSR count). The lowest BCUT2D eigenvalue weighted by atomic mass is 10.1. The van der Waals surface area contributed by atoms with Crippen LogP contribution in [0, 0.1) is 17.1 Å². The van der Waals surface area contributed by atoms with E-state index in [1.807, 2.05) is 0 Å². The molecule has 2 atom stereocenters. The number of likely N-dealkylation sites (tertiary alicyclic amines) is 1. The molecule has 7 nitrogen and oxygen atoms in total. The number of nitrogens with zero attached hydrogens (tertiary/aromatic N) is 2. The third-order valence-electron chi connectivity index (χ3n) is 6.13. The van der Waals surface area contributed by atoms with Gasteiger partial charge in [-0.3, -0.25) is 9.59 Å². The number of amides is 2. The van der Waals surface area contributed by atoms with Crippen molar-refractivity contribution in [3.05, 3.63) is 63.9 Å². The monoisotopic (exact) mass is 523 g/mol. The number of hydrogen-bond donors (Lipinski definition) is 1. The average molecular weight is 524 g/mol. The van der Waals surface area contributed by atoms with Gasteiger partial charge in [0.1, 0.15) is 17.4 Å². The fourth-order valence-electron chi connectivity index (χ4n) is 4.04. The van der Waals surface area contributed by atoms with Crippen LogP contribution in [0.25, 0.3) is 0 Å². The molecule has 0 spiro atoms. The van der Waals surface area contributed by atoms with Crippen LogP contribution < -0.4 is 5.32 Å². The summed E-state index contributed by atoms with van der Waals surface area (Å²) in [4.78, 5) is 27.3. The largest absolute Gasteiger partial charge is 0.336 e. The third-order valence-corrected chi connectivity index (χ3v) is 9.07. The minimum Gasteiger partial charge on any atom is -0.336 e. The molecule has 1 aliphatic heterocycles. The van der Waals surface area contributed by atoms with Gasteiger partial charge in [0, 0.05) is 6.54 Å². The van der Waals surface area contributed by atoms with E-state index in [1.165, 1.54) is 29.2 Å². The standard InChI is InChI=1S/C23H20Cl2FN3O4S/c24-16-6-5-14(9-18(16)26)10-21(30)29-12-15(34(32,33)20-4-2-1-3-17(20)25)11-19(29)22(31)28-23(13-27)7-8-23/h1-6,9,15,19H,7-8,10-12H2,(H,28,31)/t15-,19+/m1/s1. The predicted molar refractivity (Wildman–Crippen MR) is 123 cm³/mol. The molecular weight excluding hydrogens is 504 g/mol. The second-order valence-electron chi connectivity index (χ2n) is 8.50. The van der Waals surface area contributed by atoms with Gasteiger partial charge in [-0.15, -0.1) is 0 Å². The Balaban J connectivity index is 1.62. The highest BCUT2D eigenvalue weighted by Crippen LogP contribution is 2.36. The predicted octanol–water partition coefficient (Wildman–Crippen LogP) is 3.29. The van der Waals surface area contributed by atoms with Crippen LogP contribution >= 0.6 is 23.2 Å². The summed E-state index contributed by atoms with van der Waals surface area (Å²) in [5, 5.41) is 10.9. The number of sulfone groups is 1. The molecule has 0 radical (unpaired) electrons. The van der Waals surface area contributed by atoms with E-state index in [2.05, 4.69) is 11.4 Å². The smallest absolute Gasteiger partial charge is 0.244 e. The molecule has 2 fully saturated rings. The molecule has 2 aromatic carbocycles. The number of nitrogens with one attached hydrogen (secondary N) is 1. The Labute approximate surface area is 206 Å². The molecular formula is C23H20Cl2FN3O4S. The maximum Gasteiger partial charge on any atom is 0.244 e. The molecule has 0 bridgehead atoms. The Morgan fingerprint density at radius 3 is 2.50 bits per heavy atom. The van der Waals surface area contributed by atoms with Crippen molar-refractivity contribution in [3.8, 4) is 6.07 Å². The highest BCUT2D eigenvalue weighted by molar-refractivity contribution is 7.92. The molecule has 1 N–H and O–H groups in total. The first-order valence-electron chi connectivity index (χ1n) is 10.5. The van der Waals surface area contributed by atoms with E-state index in [4.69, 9.17) is 23.2 Å². The van der Waals surface area contributed by atoms with E-state index < -0.39 is 44.3 Å². The summed E-state index contributed by atoms with van der Waals surface area (Å²) in [5.41, 5.74) is -0.649. The van der Waals surface area contributed by atoms with Crippen molar-refractivity contribution in [2.45, 2.75) is 47.4 Å². The quantitative estimate of drug-likeness (QED) is 0.624. The molecule has 1 aliphatic carbocycles. The summed E-state index contributed by atoms with van der Waals surface area (Å²) in [5.74, 6) is -1.82. The number of rotatable bonds is 6. The first kappa shape index (κ1) is 24.5. The Kier molecular flexibility index (Phi) is 6.60. The molecule has 34 heavy (non-hydrogen) atoms. The minimum absolute atomic E-state index is 0.0475. The molecule has 11 heteroatoms. The Morgan fingerprint density at radius 2 is 1.88 bits per heavy atom. The van der Waals surface area contributed by atoms with Crippen molar-refractivity contribution in [1.29, 1.82) is 5.26 Å². The van der Waals surface area contributed by atoms with Gasteiger partial charge in [0.05, 0.1) is 32.7 Å². The second kappa shape index (κ2) is 9.17. The highest BCUT2D eigenvalue weighted by atomic mass is 35.5. The van der Waals surface area contributed by atoms with Crippen molar-refractivity contribution in [2.24, 2.45) is 0 Å². The summed E-state index contributed by atoms with van der Waals surface area (Å²) in [6.07, 6.45) is 0.574. The fourth-order valence-corrected chi connectivity index (χ4v) is 6.37. The minimum atomic E-state index is -3.97. The lowest BCUT2D eigenvalue weighted by Crippen LogP contribution is -2.49. The Morgan fingerprint density at radius 1 is 1.18 bits per heavy atom. The van der Waals surface area contributed by atoms with Gasteiger partial charge >= 0.3 is 0 Å². The normalized spacial score (nSPS) is 21.1. The number of hydrogen-bond acceptors (Lipinski definition) is 5. The number of nitriles is 1. The average Bonchev–Trinajstić information content (AvgIpc) is 3.41. The Bertz CT molecular complexity index is 1310. The molecule has 1 saturated heterocycles. The van der Waals surface area contributed by atoms with Crippen LogP contribution in [0.1, 0.15) is 24.8 Å². The van der Waals surface area contributed by atoms with E-state index in [0.717, 1.165) is 6.07 Å². The summed E-state index contributed by atoms with van der Waals surface area (Å²) < 4.78 is 40.5. The van der Waals surface area contributed by atoms with Gasteiger partial charge in [-0.1, -0.05) is 41.4 Å². The van der Waals surface area contributed by atoms with E-state index in [1.54, 1.807) is 12.1 Å². The SMILES string of the molecule is N#CC1(NC(=O)[C@@H]2C[C@@H](S(=O)(=O)c3ccccc3Cl)CN2C(=O)Cc2ccc(Cl)c(F)c2)CC1. The zero-order valence-electron chi connectivity index (χ0n) is 17.8. The van der Waals surface area contributed by atoms with Crippen LogP contribution in [0.2, 0.25) is 10.0 Å². The number of carbonyl (C=O) groups is 2. The summed E-state index contributed by atoms with van der Waals surface area (Å²) in [7, 11) is -3.97. The van der Waals surface area contributed by atoms with Crippen LogP contribution in [0.15, 0.2) is 47.4 Å². The maximum absolute atomic E-state index is 13.8. The molecule has 2 aromatic rings. The number of halogens is 3. The van der Waals surface area contributed by atoms with Gasteiger partial charge in [0.2, 0.25) is 11.8 Å². The fraction of sp³-hybridized carbons (Fsp3) is 0.348. The van der Waals surface area contributed by atoms with E-state index >= 15 is 0 Å². The van der Waals surface area contributed by atoms with E-state index in [0.29, 0.717) is 18.4 Å². The first-order valence-corrected chi connectivity index (χ1v) is 12.8. The van der Waals surface area contributed by atoms with Gasteiger partial charge in [-0.2, -0.15) is 5.26 Å². The van der Waals surface area contributed by atoms with Gasteiger partial charge in [-0.25, -0.2) is 12.8 Å². The topological polar surface area (TPSA) is 107 Å². The number of carbonyl (C=O) groups excluding carboxylic acids is 2. The van der Waals surface area contributed by atoms with Gasteiger partial charge in [0.25, 0.3) is 0 Å². The van der Waals surface area contributed by atoms with Crippen molar-refractivity contribution in [3.63, 3.8) is 0 Å². The molecule has 178 valence electrons. The molecule has 0 aromatic heterocycles. The lowest BCUT2D eigenvalue weighted by Gasteiger charge is -2.25. The summed E-state index contributed by atoms with van der Waals surface area (Å²) in [6.45, 7) is -0.236. The van der Waals surface area contributed by atoms with E-state index in [-0.39, 0.29) is 34.3 Å². The Hall–Kier alpha value is -2.67. The first-order chi connectivity index (χ1) is 16.1. The van der Waals surface area contributed by atoms with Crippen molar-refractivity contribution in [2.75, 3.05) is 6.54 Å². The van der Waals surface area contributed by atoms with Crippen molar-refractivity contribution < 1.29 is 22.4 Å². The maximum atomic E-state index is 13.8. The van der Waals surface area contributed by atoms with Crippen molar-refractivity contribution in [1.82, 2.24) is 10.2 Å². The van der Waals surface area contributed by atoms with Gasteiger partial charge in [0.15, 0.2) is 9.84 Å². The van der Waals surface area contributed by atoms with Crippen LogP contribution in [-0.2, 0) is 25.8 Å². The second-order valence-corrected chi connectivity index (χ2v) is 11.5. The molecule has 0 unspecified atom stereocenters. The molecule has 1 saturated carbocycles. The third kappa shape index (κ3) is 4.76. The van der Waals surface area contributed by atoms with Crippen LogP contribution in [0.5, 0.6) is 0 Å². The molecule has 1 heterocycles. The van der Waals surface area contributed by atoms with Crippen molar-refractivity contribution >= 4 is 44.9 Å². The highest BCUT2D eigenvalue weighted by Gasteiger charge is 2.50. The van der Waals surface area contributed by atoms with Crippen LogP contribution in [0.3, 0.4) is 0 Å². The lowest BCUT2D eigenvalue weighted by molar-refractivity contribution is -0.138. The summed E-state index contributed by atoms with van der Waals surface area (Å²) >= 11 is 11.8. The summed E-state index contributed by atoms with van der Waals surface area (Å²) in [6, 6.07) is 10.9.